The minimum Gasteiger partial charge on any atom is -0.401 e. The van der Waals surface area contributed by atoms with Gasteiger partial charge in [0.1, 0.15) is 5.84 Å². The highest BCUT2D eigenvalue weighted by atomic mass is 16.1. The first-order valence-electron chi connectivity index (χ1n) is 14.1. The number of amides is 2. The minimum absolute atomic E-state index is 0.186. The molecule has 9 heteroatoms. The summed E-state index contributed by atoms with van der Waals surface area (Å²) in [6.07, 6.45) is 13.1. The molecular weight excluding hydrogens is 490 g/mol. The molecule has 2 amide bonds. The molecule has 2 fully saturated rings. The van der Waals surface area contributed by atoms with Crippen molar-refractivity contribution < 1.29 is 9.59 Å². The van der Waals surface area contributed by atoms with Crippen LogP contribution in [0.15, 0.2) is 46.9 Å². The Bertz CT molecular complexity index is 1160. The van der Waals surface area contributed by atoms with Crippen LogP contribution in [0.5, 0.6) is 0 Å². The van der Waals surface area contributed by atoms with Crippen LogP contribution in [-0.4, -0.2) is 48.9 Å². The topological polar surface area (TPSA) is 136 Å². The van der Waals surface area contributed by atoms with E-state index in [9.17, 15) is 9.59 Å². The van der Waals surface area contributed by atoms with Gasteiger partial charge in [-0.2, -0.15) is 0 Å². The fourth-order valence-corrected chi connectivity index (χ4v) is 6.31. The van der Waals surface area contributed by atoms with Crippen molar-refractivity contribution in [1.82, 2.24) is 20.9 Å². The van der Waals surface area contributed by atoms with Gasteiger partial charge in [0.25, 0.3) is 0 Å². The van der Waals surface area contributed by atoms with E-state index in [0.717, 1.165) is 35.6 Å². The summed E-state index contributed by atoms with van der Waals surface area (Å²) in [5.41, 5.74) is 13.1. The lowest BCUT2D eigenvalue weighted by Crippen LogP contribution is -2.43. The molecule has 0 bridgehead atoms. The van der Waals surface area contributed by atoms with Crippen molar-refractivity contribution in [1.29, 1.82) is 5.41 Å². The van der Waals surface area contributed by atoms with Crippen LogP contribution in [0.3, 0.4) is 0 Å². The summed E-state index contributed by atoms with van der Waals surface area (Å²) in [6.45, 7) is 4.62. The first-order chi connectivity index (χ1) is 18.8. The number of amidine groups is 1. The third kappa shape index (κ3) is 7.15. The molecule has 9 nitrogen and oxygen atoms in total. The van der Waals surface area contributed by atoms with E-state index in [1.807, 2.05) is 13.0 Å². The molecule has 0 atom stereocenters. The molecule has 0 aromatic heterocycles. The molecule has 0 saturated heterocycles. The second-order valence-corrected chi connectivity index (χ2v) is 11.3. The molecule has 210 valence electrons. The molecule has 0 radical (unpaired) electrons. The third-order valence-corrected chi connectivity index (χ3v) is 8.58. The van der Waals surface area contributed by atoms with E-state index in [0.29, 0.717) is 36.7 Å². The molecule has 0 unspecified atom stereocenters. The summed E-state index contributed by atoms with van der Waals surface area (Å²) < 4.78 is 0. The lowest BCUT2D eigenvalue weighted by Gasteiger charge is -2.50. The summed E-state index contributed by atoms with van der Waals surface area (Å²) in [7, 11) is 1.72. The summed E-state index contributed by atoms with van der Waals surface area (Å²) in [5, 5.41) is 17.0. The quantitative estimate of drug-likeness (QED) is 0.129. The molecule has 1 spiro atoms. The zero-order valence-electron chi connectivity index (χ0n) is 23.3. The van der Waals surface area contributed by atoms with Gasteiger partial charge in [-0.15, -0.1) is 0 Å². The van der Waals surface area contributed by atoms with Gasteiger partial charge >= 0.3 is 0 Å². The molecule has 2 saturated carbocycles. The van der Waals surface area contributed by atoms with Gasteiger partial charge in [-0.1, -0.05) is 31.4 Å². The number of carbonyl (C=O) groups excluding carboxylic acids is 2. The van der Waals surface area contributed by atoms with E-state index in [-0.39, 0.29) is 12.3 Å². The number of rotatable bonds is 11. The Hall–Kier alpha value is -3.46. The molecule has 6 N–H and O–H groups in total. The van der Waals surface area contributed by atoms with Gasteiger partial charge in [0.15, 0.2) is 0 Å². The number of nitrogens with zero attached hydrogens (tertiary/aromatic N) is 2. The van der Waals surface area contributed by atoms with E-state index in [1.54, 1.807) is 13.2 Å². The number of hydrogen-bond donors (Lipinski definition) is 5. The Balaban J connectivity index is 1.28. The first-order valence-corrected chi connectivity index (χ1v) is 14.1. The van der Waals surface area contributed by atoms with Gasteiger partial charge in [0.05, 0.1) is 0 Å². The molecule has 3 aliphatic rings. The molecule has 4 rings (SSSR count). The van der Waals surface area contributed by atoms with Crippen LogP contribution < -0.4 is 21.7 Å². The molecule has 39 heavy (non-hydrogen) atoms. The van der Waals surface area contributed by atoms with Gasteiger partial charge in [-0.05, 0) is 60.8 Å². The van der Waals surface area contributed by atoms with Crippen molar-refractivity contribution in [2.75, 3.05) is 20.1 Å². The molecule has 1 aliphatic heterocycles. The number of fused-ring (bicyclic) bond motifs is 1. The number of aliphatic imine (C=N–C) groups is 1. The number of nitrogens with one attached hydrogen (secondary N) is 4. The third-order valence-electron chi connectivity index (χ3n) is 8.58. The summed E-state index contributed by atoms with van der Waals surface area (Å²) in [6, 6.07) is 6.33. The van der Waals surface area contributed by atoms with Crippen LogP contribution in [0, 0.1) is 16.7 Å². The van der Waals surface area contributed by atoms with E-state index >= 15 is 0 Å². The maximum Gasteiger partial charge on any atom is 0.225 e. The highest BCUT2D eigenvalue weighted by Gasteiger charge is 2.46. The van der Waals surface area contributed by atoms with Crippen molar-refractivity contribution >= 4 is 23.9 Å². The number of hydrogen-bond acceptors (Lipinski definition) is 6. The standard InChI is InChI=1S/C30H43N7O2/c1-21(28(32)25-15-30(16-25)9-4-3-5-10-30)26(31)19-37-17-23-7-6-22(14-24(23)18-37)29(33-2)36-13-12-35-27(39)8-11-34-20-38/h6-7,12-14,20,25,32H,3-5,8-11,15-19,31H2,1-2H3,(H,33,36)(H,34,38)(H,35,39)/b13-12+,26-21-,32-28?. The van der Waals surface area contributed by atoms with Crippen LogP contribution in [-0.2, 0) is 22.7 Å². The molecular formula is C30H43N7O2. The van der Waals surface area contributed by atoms with Crippen LogP contribution in [0.4, 0.5) is 0 Å². The number of nitrogens with two attached hydrogens (primary N) is 1. The Morgan fingerprint density at radius 3 is 2.59 bits per heavy atom. The summed E-state index contributed by atoms with van der Waals surface area (Å²) in [4.78, 5) is 28.7. The molecule has 1 aromatic carbocycles. The Kier molecular flexibility index (Phi) is 9.56. The number of benzene rings is 1. The van der Waals surface area contributed by atoms with Crippen molar-refractivity contribution in [3.8, 4) is 0 Å². The lowest BCUT2D eigenvalue weighted by molar-refractivity contribution is -0.120. The van der Waals surface area contributed by atoms with E-state index in [2.05, 4.69) is 38.0 Å². The predicted octanol–water partition coefficient (Wildman–Crippen LogP) is 3.30. The largest absolute Gasteiger partial charge is 0.401 e. The van der Waals surface area contributed by atoms with E-state index < -0.39 is 0 Å². The SMILES string of the molecule is CN=C(N/C=C/NC(=O)CCNC=O)c1ccc2c(c1)CN(C/C(N)=C(\C)C(=N)C1CC3(CCCCC3)C1)C2. The maximum absolute atomic E-state index is 11.7. The highest BCUT2D eigenvalue weighted by molar-refractivity contribution is 6.00. The maximum atomic E-state index is 11.7. The molecule has 2 aliphatic carbocycles. The van der Waals surface area contributed by atoms with Crippen molar-refractivity contribution in [3.63, 3.8) is 0 Å². The normalized spacial score (nSPS) is 19.8. The van der Waals surface area contributed by atoms with Crippen LogP contribution >= 0.6 is 0 Å². The first kappa shape index (κ1) is 28.5. The van der Waals surface area contributed by atoms with E-state index in [1.165, 1.54) is 62.3 Å². The fraction of sp³-hybridized carbons (Fsp3) is 0.533. The Morgan fingerprint density at radius 2 is 1.87 bits per heavy atom. The Labute approximate surface area is 231 Å². The second kappa shape index (κ2) is 13.1. The van der Waals surface area contributed by atoms with Crippen LogP contribution in [0.1, 0.15) is 75.0 Å². The monoisotopic (exact) mass is 533 g/mol. The Morgan fingerprint density at radius 1 is 1.15 bits per heavy atom. The van der Waals surface area contributed by atoms with Gasteiger partial charge in [0.2, 0.25) is 12.3 Å². The number of carbonyl (C=O) groups is 2. The van der Waals surface area contributed by atoms with Gasteiger partial charge in [-0.25, -0.2) is 0 Å². The average molecular weight is 534 g/mol. The summed E-state index contributed by atoms with van der Waals surface area (Å²) >= 11 is 0. The van der Waals surface area contributed by atoms with Gasteiger partial charge in [0, 0.05) is 74.9 Å². The lowest BCUT2D eigenvalue weighted by atomic mass is 9.54. The van der Waals surface area contributed by atoms with Gasteiger partial charge < -0.3 is 27.1 Å². The van der Waals surface area contributed by atoms with Crippen molar-refractivity contribution in [2.24, 2.45) is 22.1 Å². The van der Waals surface area contributed by atoms with Crippen LogP contribution in [0.2, 0.25) is 0 Å². The molecule has 1 heterocycles. The zero-order chi connectivity index (χ0) is 27.8. The molecule has 1 aromatic rings. The number of allylic oxidation sites excluding steroid dienone is 1. The van der Waals surface area contributed by atoms with Crippen molar-refractivity contribution in [3.05, 3.63) is 58.6 Å². The predicted molar refractivity (Wildman–Crippen MR) is 155 cm³/mol. The van der Waals surface area contributed by atoms with Crippen LogP contribution in [0.25, 0.3) is 0 Å². The average Bonchev–Trinajstić information content (AvgIpc) is 3.33. The summed E-state index contributed by atoms with van der Waals surface area (Å²) in [5.74, 6) is 0.889. The smallest absolute Gasteiger partial charge is 0.225 e. The zero-order valence-corrected chi connectivity index (χ0v) is 23.3. The minimum atomic E-state index is -0.186. The fourth-order valence-electron chi connectivity index (χ4n) is 6.31. The highest BCUT2D eigenvalue weighted by Crippen LogP contribution is 2.55. The van der Waals surface area contributed by atoms with E-state index in [4.69, 9.17) is 11.1 Å². The second-order valence-electron chi connectivity index (χ2n) is 11.3. The van der Waals surface area contributed by atoms with Gasteiger partial charge in [-0.3, -0.25) is 19.5 Å². The van der Waals surface area contributed by atoms with Crippen molar-refractivity contribution in [2.45, 2.75) is 71.4 Å².